The van der Waals surface area contributed by atoms with Crippen LogP contribution in [0.15, 0.2) is 48.5 Å². The summed E-state index contributed by atoms with van der Waals surface area (Å²) in [5.41, 5.74) is 3.72. The SMILES string of the molecule is CC(C)c1cccc(C(C)C)c1OP1O[C@@H](c2ccccc2)[C@H](C)N1C. The molecule has 0 amide bonds. The minimum absolute atomic E-state index is 0.0426. The monoisotopic (exact) mass is 371 g/mol. The fraction of sp³-hybridized carbons (Fsp3) is 0.455. The first-order valence-corrected chi connectivity index (χ1v) is 10.6. The van der Waals surface area contributed by atoms with Gasteiger partial charge >= 0.3 is 8.53 Å². The Labute approximate surface area is 159 Å². The van der Waals surface area contributed by atoms with Gasteiger partial charge in [-0.3, -0.25) is 0 Å². The molecule has 1 unspecified atom stereocenters. The molecule has 3 nitrogen and oxygen atoms in total. The smallest absolute Gasteiger partial charge is 0.321 e. The lowest BCUT2D eigenvalue weighted by Crippen LogP contribution is -2.23. The molecule has 1 heterocycles. The molecule has 26 heavy (non-hydrogen) atoms. The van der Waals surface area contributed by atoms with Gasteiger partial charge in [0.25, 0.3) is 0 Å². The third kappa shape index (κ3) is 3.81. The van der Waals surface area contributed by atoms with Crippen molar-refractivity contribution in [3.8, 4) is 5.75 Å². The third-order valence-electron chi connectivity index (χ3n) is 5.11. The van der Waals surface area contributed by atoms with Crippen molar-refractivity contribution in [1.29, 1.82) is 0 Å². The van der Waals surface area contributed by atoms with Gasteiger partial charge in [-0.1, -0.05) is 76.2 Å². The molecule has 0 aliphatic carbocycles. The maximum Gasteiger partial charge on any atom is 0.321 e. The van der Waals surface area contributed by atoms with E-state index in [0.717, 1.165) is 5.75 Å². The van der Waals surface area contributed by atoms with Gasteiger partial charge in [0.1, 0.15) is 11.9 Å². The Kier molecular flexibility index (Phi) is 6.02. The predicted molar refractivity (Wildman–Crippen MR) is 110 cm³/mol. The van der Waals surface area contributed by atoms with E-state index in [-0.39, 0.29) is 12.1 Å². The molecule has 0 saturated carbocycles. The van der Waals surface area contributed by atoms with Crippen LogP contribution in [0.1, 0.15) is 69.2 Å². The average Bonchev–Trinajstić information content (AvgIpc) is 2.90. The molecule has 140 valence electrons. The van der Waals surface area contributed by atoms with Crippen molar-refractivity contribution in [1.82, 2.24) is 4.67 Å². The number of para-hydroxylation sites is 1. The van der Waals surface area contributed by atoms with Crippen molar-refractivity contribution in [3.05, 3.63) is 65.2 Å². The largest absolute Gasteiger partial charge is 0.435 e. The van der Waals surface area contributed by atoms with E-state index in [4.69, 9.17) is 9.05 Å². The predicted octanol–water partition coefficient (Wildman–Crippen LogP) is 6.63. The summed E-state index contributed by atoms with van der Waals surface area (Å²) in [4.78, 5) is 0. The zero-order valence-electron chi connectivity index (χ0n) is 16.6. The second-order valence-corrected chi connectivity index (χ2v) is 9.16. The zero-order chi connectivity index (χ0) is 18.8. The second-order valence-electron chi connectivity index (χ2n) is 7.66. The number of hydrogen-bond donors (Lipinski definition) is 0. The van der Waals surface area contributed by atoms with Crippen LogP contribution < -0.4 is 4.52 Å². The second kappa shape index (κ2) is 8.08. The molecule has 0 radical (unpaired) electrons. The lowest BCUT2D eigenvalue weighted by Gasteiger charge is -2.25. The van der Waals surface area contributed by atoms with Crippen LogP contribution in [0.25, 0.3) is 0 Å². The Morgan fingerprint density at radius 1 is 0.923 bits per heavy atom. The van der Waals surface area contributed by atoms with Crippen LogP contribution in [0, 0.1) is 0 Å². The van der Waals surface area contributed by atoms with Crippen molar-refractivity contribution < 1.29 is 9.05 Å². The van der Waals surface area contributed by atoms with Crippen molar-refractivity contribution in [2.45, 2.75) is 58.6 Å². The van der Waals surface area contributed by atoms with E-state index in [1.165, 1.54) is 16.7 Å². The molecule has 0 aromatic heterocycles. The highest BCUT2D eigenvalue weighted by molar-refractivity contribution is 7.45. The molecule has 0 N–H and O–H groups in total. The van der Waals surface area contributed by atoms with Crippen molar-refractivity contribution in [2.24, 2.45) is 0 Å². The number of benzene rings is 2. The standard InChI is InChI=1S/C22H30NO2P/c1-15(2)19-13-10-14-20(16(3)4)22(19)25-26-23(6)17(5)21(24-26)18-11-8-7-9-12-18/h7-17,21H,1-6H3/t17-,21+,26?/m0/s1. The van der Waals surface area contributed by atoms with E-state index in [2.05, 4.69) is 88.8 Å². The Bertz CT molecular complexity index is 706. The van der Waals surface area contributed by atoms with Crippen LogP contribution in [0.4, 0.5) is 0 Å². The fourth-order valence-corrected chi connectivity index (χ4v) is 4.94. The van der Waals surface area contributed by atoms with E-state index < -0.39 is 8.53 Å². The molecule has 1 aliphatic heterocycles. The number of likely N-dealkylation sites (N-methyl/N-ethyl adjacent to an activating group) is 1. The molecule has 0 spiro atoms. The Morgan fingerprint density at radius 2 is 1.50 bits per heavy atom. The molecule has 1 saturated heterocycles. The van der Waals surface area contributed by atoms with E-state index in [1.807, 2.05) is 6.07 Å². The van der Waals surface area contributed by atoms with Crippen LogP contribution >= 0.6 is 8.53 Å². The van der Waals surface area contributed by atoms with Gasteiger partial charge in [-0.05, 0) is 42.5 Å². The van der Waals surface area contributed by atoms with Crippen molar-refractivity contribution in [2.75, 3.05) is 7.05 Å². The van der Waals surface area contributed by atoms with Gasteiger partial charge in [-0.25, -0.2) is 4.67 Å². The fourth-order valence-electron chi connectivity index (χ4n) is 3.34. The number of hydrogen-bond acceptors (Lipinski definition) is 3. The maximum atomic E-state index is 6.56. The molecule has 3 rings (SSSR count). The Morgan fingerprint density at radius 3 is 2.04 bits per heavy atom. The molecule has 4 heteroatoms. The zero-order valence-corrected chi connectivity index (χ0v) is 17.5. The van der Waals surface area contributed by atoms with Crippen molar-refractivity contribution in [3.63, 3.8) is 0 Å². The van der Waals surface area contributed by atoms with Gasteiger partial charge in [-0.15, -0.1) is 0 Å². The van der Waals surface area contributed by atoms with E-state index in [0.29, 0.717) is 11.8 Å². The Balaban J connectivity index is 1.90. The summed E-state index contributed by atoms with van der Waals surface area (Å²) in [6, 6.07) is 17.2. The highest BCUT2D eigenvalue weighted by Gasteiger charge is 2.41. The Hall–Kier alpha value is -1.41. The normalized spacial score (nSPS) is 23.8. The minimum atomic E-state index is -1.13. The molecule has 0 bridgehead atoms. The summed E-state index contributed by atoms with van der Waals surface area (Å²) in [5, 5.41) is 0. The molecule has 2 aromatic rings. The van der Waals surface area contributed by atoms with Crippen LogP contribution in [0.5, 0.6) is 5.75 Å². The molecule has 3 atom stereocenters. The van der Waals surface area contributed by atoms with Gasteiger partial charge in [0.2, 0.25) is 0 Å². The van der Waals surface area contributed by atoms with Crippen LogP contribution in [0.2, 0.25) is 0 Å². The molecular weight excluding hydrogens is 341 g/mol. The molecular formula is C22H30NO2P. The van der Waals surface area contributed by atoms with E-state index in [1.54, 1.807) is 0 Å². The van der Waals surface area contributed by atoms with Crippen LogP contribution in [-0.2, 0) is 4.52 Å². The summed E-state index contributed by atoms with van der Waals surface area (Å²) in [6.45, 7) is 11.1. The highest BCUT2D eigenvalue weighted by atomic mass is 31.2. The average molecular weight is 371 g/mol. The first-order valence-electron chi connectivity index (χ1n) is 9.45. The summed E-state index contributed by atoms with van der Waals surface area (Å²) in [7, 11) is 0.970. The third-order valence-corrected chi connectivity index (χ3v) is 6.73. The quantitative estimate of drug-likeness (QED) is 0.551. The molecule has 1 aliphatic rings. The van der Waals surface area contributed by atoms with E-state index in [9.17, 15) is 0 Å². The maximum absolute atomic E-state index is 6.56. The van der Waals surface area contributed by atoms with Crippen LogP contribution in [0.3, 0.4) is 0 Å². The topological polar surface area (TPSA) is 21.7 Å². The lowest BCUT2D eigenvalue weighted by molar-refractivity contribution is 0.210. The van der Waals surface area contributed by atoms with Gasteiger partial charge in [0.05, 0.1) is 0 Å². The van der Waals surface area contributed by atoms with Crippen LogP contribution in [-0.4, -0.2) is 17.8 Å². The first-order chi connectivity index (χ1) is 12.4. The summed E-state index contributed by atoms with van der Waals surface area (Å²) >= 11 is 0. The summed E-state index contributed by atoms with van der Waals surface area (Å²) < 4.78 is 15.2. The van der Waals surface area contributed by atoms with E-state index >= 15 is 0 Å². The minimum Gasteiger partial charge on any atom is -0.435 e. The first kappa shape index (κ1) is 19.4. The molecule has 1 fully saturated rings. The highest BCUT2D eigenvalue weighted by Crippen LogP contribution is 2.57. The van der Waals surface area contributed by atoms with Gasteiger partial charge in [0.15, 0.2) is 0 Å². The van der Waals surface area contributed by atoms with Crippen molar-refractivity contribution >= 4 is 8.53 Å². The van der Waals surface area contributed by atoms with Gasteiger partial charge in [-0.2, -0.15) is 0 Å². The van der Waals surface area contributed by atoms with Gasteiger partial charge < -0.3 is 9.05 Å². The summed E-state index contributed by atoms with van der Waals surface area (Å²) in [6.07, 6.45) is 0.0426. The summed E-state index contributed by atoms with van der Waals surface area (Å²) in [5.74, 6) is 1.83. The molecule has 2 aromatic carbocycles. The lowest BCUT2D eigenvalue weighted by atomic mass is 9.94. The number of nitrogens with zero attached hydrogens (tertiary/aromatic N) is 1. The number of rotatable bonds is 5. The van der Waals surface area contributed by atoms with Gasteiger partial charge in [0, 0.05) is 6.04 Å².